The molecule has 1 heterocycles. The second-order valence-corrected chi connectivity index (χ2v) is 6.84. The number of aryl methyl sites for hydroxylation is 2. The van der Waals surface area contributed by atoms with Gasteiger partial charge < -0.3 is 10.2 Å². The summed E-state index contributed by atoms with van der Waals surface area (Å²) in [4.78, 5) is 2.56. The summed E-state index contributed by atoms with van der Waals surface area (Å²) in [6, 6.07) is 5.72. The molecule has 1 fully saturated rings. The molecule has 0 radical (unpaired) electrons. The molecule has 0 aliphatic carbocycles. The zero-order chi connectivity index (χ0) is 14.0. The zero-order valence-corrected chi connectivity index (χ0v) is 14.0. The highest BCUT2D eigenvalue weighted by atomic mass is 79.9. The number of halogens is 1. The van der Waals surface area contributed by atoms with Crippen LogP contribution in [0, 0.1) is 13.8 Å². The Morgan fingerprint density at radius 1 is 1.21 bits per heavy atom. The summed E-state index contributed by atoms with van der Waals surface area (Å²) in [7, 11) is 0. The first kappa shape index (κ1) is 14.9. The molecule has 3 heteroatoms. The number of nitrogens with one attached hydrogen (secondary N) is 1. The SMILES string of the molecule is Cc1cc(C)c(NC2CCN(C(C)C)CC2)c(Br)c1. The summed E-state index contributed by atoms with van der Waals surface area (Å²) in [5, 5.41) is 3.73. The maximum Gasteiger partial charge on any atom is 0.0516 e. The van der Waals surface area contributed by atoms with E-state index < -0.39 is 0 Å². The molecule has 1 aromatic rings. The number of rotatable bonds is 3. The maximum atomic E-state index is 3.73. The normalized spacial score (nSPS) is 18.0. The zero-order valence-electron chi connectivity index (χ0n) is 12.5. The van der Waals surface area contributed by atoms with E-state index in [0.29, 0.717) is 12.1 Å². The van der Waals surface area contributed by atoms with Crippen LogP contribution in [0.15, 0.2) is 16.6 Å². The Morgan fingerprint density at radius 3 is 2.37 bits per heavy atom. The standard InChI is InChI=1S/C16H25BrN2/c1-11(2)19-7-5-14(6-8-19)18-16-13(4)9-12(3)10-15(16)17/h9-11,14,18H,5-8H2,1-4H3. The van der Waals surface area contributed by atoms with Crippen molar-refractivity contribution in [1.29, 1.82) is 0 Å². The molecule has 0 atom stereocenters. The predicted octanol–water partition coefficient (Wildman–Crippen LogP) is 4.35. The lowest BCUT2D eigenvalue weighted by molar-refractivity contribution is 0.177. The molecule has 0 bridgehead atoms. The van der Waals surface area contributed by atoms with Gasteiger partial charge in [0.2, 0.25) is 0 Å². The molecule has 1 N–H and O–H groups in total. The Bertz CT molecular complexity index is 411. The van der Waals surface area contributed by atoms with Gasteiger partial charge in [0, 0.05) is 29.6 Å². The van der Waals surface area contributed by atoms with Crippen LogP contribution in [0.2, 0.25) is 0 Å². The molecule has 1 aromatic carbocycles. The summed E-state index contributed by atoms with van der Waals surface area (Å²) in [6.45, 7) is 11.3. The first-order valence-corrected chi connectivity index (χ1v) is 8.04. The molecular formula is C16H25BrN2. The summed E-state index contributed by atoms with van der Waals surface area (Å²) in [5.41, 5.74) is 3.91. The van der Waals surface area contributed by atoms with E-state index in [9.17, 15) is 0 Å². The third-order valence-corrected chi connectivity index (χ3v) is 4.67. The van der Waals surface area contributed by atoms with Crippen molar-refractivity contribution in [2.24, 2.45) is 0 Å². The molecule has 1 aliphatic heterocycles. The van der Waals surface area contributed by atoms with Crippen molar-refractivity contribution in [3.8, 4) is 0 Å². The van der Waals surface area contributed by atoms with Crippen molar-refractivity contribution in [2.75, 3.05) is 18.4 Å². The average molecular weight is 325 g/mol. The predicted molar refractivity (Wildman–Crippen MR) is 87.0 cm³/mol. The van der Waals surface area contributed by atoms with Crippen molar-refractivity contribution in [1.82, 2.24) is 4.90 Å². The highest BCUT2D eigenvalue weighted by Crippen LogP contribution is 2.30. The Morgan fingerprint density at radius 2 is 1.84 bits per heavy atom. The number of hydrogen-bond acceptors (Lipinski definition) is 2. The van der Waals surface area contributed by atoms with Gasteiger partial charge in [-0.25, -0.2) is 0 Å². The van der Waals surface area contributed by atoms with Gasteiger partial charge in [-0.2, -0.15) is 0 Å². The molecule has 1 saturated heterocycles. The van der Waals surface area contributed by atoms with Crippen LogP contribution >= 0.6 is 15.9 Å². The third kappa shape index (κ3) is 3.73. The van der Waals surface area contributed by atoms with Crippen molar-refractivity contribution in [3.63, 3.8) is 0 Å². The van der Waals surface area contributed by atoms with Gasteiger partial charge in [0.15, 0.2) is 0 Å². The van der Waals surface area contributed by atoms with E-state index in [4.69, 9.17) is 0 Å². The lowest BCUT2D eigenvalue weighted by Gasteiger charge is -2.35. The largest absolute Gasteiger partial charge is 0.381 e. The van der Waals surface area contributed by atoms with Gasteiger partial charge >= 0.3 is 0 Å². The molecule has 0 unspecified atom stereocenters. The molecule has 19 heavy (non-hydrogen) atoms. The molecule has 1 aliphatic rings. The number of hydrogen-bond donors (Lipinski definition) is 1. The lowest BCUT2D eigenvalue weighted by Crippen LogP contribution is -2.42. The van der Waals surface area contributed by atoms with Crippen LogP contribution in [0.3, 0.4) is 0 Å². The number of likely N-dealkylation sites (tertiary alicyclic amines) is 1. The van der Waals surface area contributed by atoms with Gasteiger partial charge in [0.1, 0.15) is 0 Å². The van der Waals surface area contributed by atoms with E-state index in [1.54, 1.807) is 0 Å². The lowest BCUT2D eigenvalue weighted by atomic mass is 10.0. The van der Waals surface area contributed by atoms with Crippen LogP contribution in [-0.4, -0.2) is 30.1 Å². The molecule has 106 valence electrons. The number of piperidine rings is 1. The van der Waals surface area contributed by atoms with Crippen LogP contribution in [0.25, 0.3) is 0 Å². The maximum absolute atomic E-state index is 3.73. The second-order valence-electron chi connectivity index (χ2n) is 5.99. The topological polar surface area (TPSA) is 15.3 Å². The summed E-state index contributed by atoms with van der Waals surface area (Å²) in [6.07, 6.45) is 2.47. The van der Waals surface area contributed by atoms with E-state index in [2.05, 4.69) is 66.0 Å². The van der Waals surface area contributed by atoms with Crippen molar-refractivity contribution in [2.45, 2.75) is 52.6 Å². The van der Waals surface area contributed by atoms with E-state index in [0.717, 1.165) is 0 Å². The molecule has 0 spiro atoms. The molecule has 0 amide bonds. The summed E-state index contributed by atoms with van der Waals surface area (Å²) in [5.74, 6) is 0. The number of benzene rings is 1. The molecule has 2 nitrogen and oxygen atoms in total. The van der Waals surface area contributed by atoms with E-state index in [1.807, 2.05) is 0 Å². The van der Waals surface area contributed by atoms with Crippen molar-refractivity contribution in [3.05, 3.63) is 27.7 Å². The highest BCUT2D eigenvalue weighted by molar-refractivity contribution is 9.10. The van der Waals surface area contributed by atoms with Crippen LogP contribution in [0.1, 0.15) is 37.8 Å². The monoisotopic (exact) mass is 324 g/mol. The van der Waals surface area contributed by atoms with Gasteiger partial charge in [-0.1, -0.05) is 6.07 Å². The van der Waals surface area contributed by atoms with Crippen molar-refractivity contribution < 1.29 is 0 Å². The van der Waals surface area contributed by atoms with E-state index in [-0.39, 0.29) is 0 Å². The molecule has 2 rings (SSSR count). The van der Waals surface area contributed by atoms with Gasteiger partial charge in [-0.15, -0.1) is 0 Å². The minimum absolute atomic E-state index is 0.604. The second kappa shape index (κ2) is 6.27. The Kier molecular flexibility index (Phi) is 4.91. The van der Waals surface area contributed by atoms with Gasteiger partial charge in [0.25, 0.3) is 0 Å². The Labute approximate surface area is 125 Å². The van der Waals surface area contributed by atoms with Crippen LogP contribution in [-0.2, 0) is 0 Å². The van der Waals surface area contributed by atoms with Crippen molar-refractivity contribution >= 4 is 21.6 Å². The quantitative estimate of drug-likeness (QED) is 0.889. The van der Waals surface area contributed by atoms with Crippen LogP contribution in [0.5, 0.6) is 0 Å². The van der Waals surface area contributed by atoms with Crippen LogP contribution < -0.4 is 5.32 Å². The van der Waals surface area contributed by atoms with Gasteiger partial charge in [-0.3, -0.25) is 0 Å². The summed E-state index contributed by atoms with van der Waals surface area (Å²) >= 11 is 3.69. The fourth-order valence-electron chi connectivity index (χ4n) is 2.86. The number of nitrogens with zero attached hydrogens (tertiary/aromatic N) is 1. The molecular weight excluding hydrogens is 300 g/mol. The van der Waals surface area contributed by atoms with Gasteiger partial charge in [-0.05, 0) is 73.7 Å². The number of anilines is 1. The minimum atomic E-state index is 0.604. The highest BCUT2D eigenvalue weighted by Gasteiger charge is 2.21. The fraction of sp³-hybridized carbons (Fsp3) is 0.625. The first-order valence-electron chi connectivity index (χ1n) is 7.24. The average Bonchev–Trinajstić information content (AvgIpc) is 2.34. The molecule has 0 saturated carbocycles. The van der Waals surface area contributed by atoms with Crippen LogP contribution in [0.4, 0.5) is 5.69 Å². The minimum Gasteiger partial charge on any atom is -0.381 e. The first-order chi connectivity index (χ1) is 8.97. The van der Waals surface area contributed by atoms with E-state index in [1.165, 1.54) is 47.2 Å². The fourth-order valence-corrected chi connectivity index (χ4v) is 3.65. The smallest absolute Gasteiger partial charge is 0.0516 e. The Balaban J connectivity index is 2.00. The summed E-state index contributed by atoms with van der Waals surface area (Å²) < 4.78 is 1.19. The third-order valence-electron chi connectivity index (χ3n) is 4.04. The van der Waals surface area contributed by atoms with Gasteiger partial charge in [0.05, 0.1) is 5.69 Å². The molecule has 0 aromatic heterocycles. The van der Waals surface area contributed by atoms with E-state index >= 15 is 0 Å². The Hall–Kier alpha value is -0.540.